The van der Waals surface area contributed by atoms with Crippen LogP contribution in [0.3, 0.4) is 0 Å². The maximum absolute atomic E-state index is 12.5. The number of pyridine rings is 1. The summed E-state index contributed by atoms with van der Waals surface area (Å²) in [5, 5.41) is 6.93. The summed E-state index contributed by atoms with van der Waals surface area (Å²) in [5.41, 5.74) is 1.53. The zero-order valence-corrected chi connectivity index (χ0v) is 15.4. The van der Waals surface area contributed by atoms with Gasteiger partial charge in [-0.1, -0.05) is 5.16 Å². The second-order valence-electron chi connectivity index (χ2n) is 6.04. The number of carbonyl (C=O) groups excluding carboxylic acids is 2. The highest BCUT2D eigenvalue weighted by molar-refractivity contribution is 5.99. The van der Waals surface area contributed by atoms with Gasteiger partial charge in [-0.15, -0.1) is 0 Å². The molecule has 0 aliphatic rings. The Morgan fingerprint density at radius 2 is 1.96 bits per heavy atom. The minimum absolute atomic E-state index is 0.260. The van der Waals surface area contributed by atoms with E-state index in [0.29, 0.717) is 17.2 Å². The second-order valence-corrected chi connectivity index (χ2v) is 6.04. The Labute approximate surface area is 155 Å². The van der Waals surface area contributed by atoms with Crippen molar-refractivity contribution in [2.45, 2.75) is 26.9 Å². The van der Waals surface area contributed by atoms with Gasteiger partial charge in [-0.3, -0.25) is 9.78 Å². The van der Waals surface area contributed by atoms with E-state index in [1.165, 1.54) is 6.92 Å². The van der Waals surface area contributed by atoms with E-state index in [4.69, 9.17) is 14.0 Å². The van der Waals surface area contributed by atoms with E-state index in [2.05, 4.69) is 15.5 Å². The van der Waals surface area contributed by atoms with Crippen molar-refractivity contribution in [3.63, 3.8) is 0 Å². The number of anilines is 1. The van der Waals surface area contributed by atoms with Crippen LogP contribution in [0.5, 0.6) is 5.75 Å². The molecule has 8 heteroatoms. The van der Waals surface area contributed by atoms with Gasteiger partial charge in [-0.2, -0.15) is 0 Å². The highest BCUT2D eigenvalue weighted by Gasteiger charge is 2.22. The van der Waals surface area contributed by atoms with E-state index in [0.717, 1.165) is 10.9 Å². The van der Waals surface area contributed by atoms with Crippen LogP contribution in [0.4, 0.5) is 5.82 Å². The van der Waals surface area contributed by atoms with Gasteiger partial charge in [-0.25, -0.2) is 4.79 Å². The lowest BCUT2D eigenvalue weighted by Gasteiger charge is -2.13. The molecule has 1 aromatic carbocycles. The molecule has 3 aromatic rings. The number of aromatic nitrogens is 2. The first kappa shape index (κ1) is 18.4. The first-order chi connectivity index (χ1) is 12.9. The maximum Gasteiger partial charge on any atom is 0.340 e. The van der Waals surface area contributed by atoms with Crippen LogP contribution < -0.4 is 10.1 Å². The summed E-state index contributed by atoms with van der Waals surface area (Å²) in [7, 11) is 1.56. The average molecular weight is 369 g/mol. The van der Waals surface area contributed by atoms with Gasteiger partial charge in [0.15, 0.2) is 11.9 Å². The van der Waals surface area contributed by atoms with Crippen molar-refractivity contribution in [2.24, 2.45) is 0 Å². The Hall–Kier alpha value is -3.42. The average Bonchev–Trinajstić information content (AvgIpc) is 3.05. The molecule has 0 spiro atoms. The molecule has 0 aliphatic heterocycles. The number of methoxy groups -OCH3 is 1. The quantitative estimate of drug-likeness (QED) is 0.689. The summed E-state index contributed by atoms with van der Waals surface area (Å²) < 4.78 is 15.4. The van der Waals surface area contributed by atoms with Crippen LogP contribution in [0.1, 0.15) is 28.7 Å². The fourth-order valence-electron chi connectivity index (χ4n) is 2.52. The van der Waals surface area contributed by atoms with Crippen molar-refractivity contribution in [1.29, 1.82) is 0 Å². The van der Waals surface area contributed by atoms with Gasteiger partial charge in [0.2, 0.25) is 0 Å². The minimum atomic E-state index is -1.02. The van der Waals surface area contributed by atoms with E-state index in [1.807, 2.05) is 6.07 Å². The number of rotatable bonds is 5. The molecule has 1 atom stereocenters. The third kappa shape index (κ3) is 4.05. The van der Waals surface area contributed by atoms with Crippen LogP contribution >= 0.6 is 0 Å². The summed E-state index contributed by atoms with van der Waals surface area (Å²) in [6.45, 7) is 4.90. The fourth-order valence-corrected chi connectivity index (χ4v) is 2.52. The predicted molar refractivity (Wildman–Crippen MR) is 97.8 cm³/mol. The number of nitrogens with one attached hydrogen (secondary N) is 1. The maximum atomic E-state index is 12.5. The molecule has 140 valence electrons. The highest BCUT2D eigenvalue weighted by atomic mass is 16.5. The van der Waals surface area contributed by atoms with Gasteiger partial charge in [-0.05, 0) is 45.0 Å². The molecule has 0 fully saturated rings. The number of ether oxygens (including phenoxy) is 2. The molecule has 2 aromatic heterocycles. The summed E-state index contributed by atoms with van der Waals surface area (Å²) >= 11 is 0. The molecule has 1 N–H and O–H groups in total. The Bertz CT molecular complexity index is 1010. The lowest BCUT2D eigenvalue weighted by Crippen LogP contribution is -2.30. The second kappa shape index (κ2) is 7.45. The van der Waals surface area contributed by atoms with Crippen molar-refractivity contribution in [1.82, 2.24) is 10.1 Å². The smallest absolute Gasteiger partial charge is 0.340 e. The van der Waals surface area contributed by atoms with E-state index in [9.17, 15) is 9.59 Å². The Morgan fingerprint density at radius 3 is 2.63 bits per heavy atom. The molecule has 0 bridgehead atoms. The minimum Gasteiger partial charge on any atom is -0.497 e. The molecule has 0 radical (unpaired) electrons. The molecule has 2 heterocycles. The van der Waals surface area contributed by atoms with Crippen LogP contribution in [0.2, 0.25) is 0 Å². The van der Waals surface area contributed by atoms with Gasteiger partial charge in [0.25, 0.3) is 5.91 Å². The molecular formula is C19H19N3O5. The molecular weight excluding hydrogens is 350 g/mol. The first-order valence-electron chi connectivity index (χ1n) is 8.28. The van der Waals surface area contributed by atoms with Crippen molar-refractivity contribution in [3.05, 3.63) is 47.3 Å². The number of esters is 1. The monoisotopic (exact) mass is 369 g/mol. The number of amides is 1. The van der Waals surface area contributed by atoms with Crippen LogP contribution in [-0.4, -0.2) is 35.2 Å². The van der Waals surface area contributed by atoms with Gasteiger partial charge in [0.1, 0.15) is 11.5 Å². The van der Waals surface area contributed by atoms with Crippen molar-refractivity contribution >= 4 is 28.6 Å². The number of aryl methyl sites for hydroxylation is 2. The van der Waals surface area contributed by atoms with Crippen LogP contribution in [0.15, 0.2) is 34.9 Å². The third-order valence-corrected chi connectivity index (χ3v) is 3.96. The molecule has 0 unspecified atom stereocenters. The third-order valence-electron chi connectivity index (χ3n) is 3.96. The molecule has 8 nitrogen and oxygen atoms in total. The lowest BCUT2D eigenvalue weighted by molar-refractivity contribution is -0.123. The summed E-state index contributed by atoms with van der Waals surface area (Å²) in [5.74, 6) is 0.329. The van der Waals surface area contributed by atoms with Crippen LogP contribution in [-0.2, 0) is 9.53 Å². The highest BCUT2D eigenvalue weighted by Crippen LogP contribution is 2.22. The summed E-state index contributed by atoms with van der Waals surface area (Å²) in [4.78, 5) is 29.1. The zero-order valence-electron chi connectivity index (χ0n) is 15.4. The standard InChI is InChI=1S/C19H19N3O5/c1-10-7-17(22-27-10)21-18(23)12(3)26-19(24)15-9-13-8-14(25-4)5-6-16(13)20-11(15)2/h5-9,12H,1-4H3,(H,21,22,23)/t12-/m0/s1. The van der Waals surface area contributed by atoms with Gasteiger partial charge in [0.05, 0.1) is 23.9 Å². The fraction of sp³-hybridized carbons (Fsp3) is 0.263. The normalized spacial score (nSPS) is 11.9. The van der Waals surface area contributed by atoms with Crippen molar-refractivity contribution in [3.8, 4) is 5.75 Å². The van der Waals surface area contributed by atoms with Crippen LogP contribution in [0, 0.1) is 13.8 Å². The summed E-state index contributed by atoms with van der Waals surface area (Å²) in [6.07, 6.45) is -1.02. The van der Waals surface area contributed by atoms with Crippen LogP contribution in [0.25, 0.3) is 10.9 Å². The SMILES string of the molecule is COc1ccc2nc(C)c(C(=O)O[C@@H](C)C(=O)Nc3cc(C)on3)cc2c1. The number of hydrogen-bond donors (Lipinski definition) is 1. The molecule has 0 saturated heterocycles. The molecule has 3 rings (SSSR count). The zero-order chi connectivity index (χ0) is 19.6. The Kier molecular flexibility index (Phi) is 5.07. The number of carbonyl (C=O) groups is 2. The number of hydrogen-bond acceptors (Lipinski definition) is 7. The van der Waals surface area contributed by atoms with Gasteiger partial charge >= 0.3 is 5.97 Å². The molecule has 27 heavy (non-hydrogen) atoms. The topological polar surface area (TPSA) is 104 Å². The lowest BCUT2D eigenvalue weighted by atomic mass is 10.1. The first-order valence-corrected chi connectivity index (χ1v) is 8.28. The summed E-state index contributed by atoms with van der Waals surface area (Å²) in [6, 6.07) is 8.63. The number of benzene rings is 1. The van der Waals surface area contributed by atoms with E-state index >= 15 is 0 Å². The Balaban J connectivity index is 1.76. The van der Waals surface area contributed by atoms with Crippen molar-refractivity contribution in [2.75, 3.05) is 12.4 Å². The molecule has 0 aliphatic carbocycles. The Morgan fingerprint density at radius 1 is 1.19 bits per heavy atom. The van der Waals surface area contributed by atoms with Crippen molar-refractivity contribution < 1.29 is 23.6 Å². The van der Waals surface area contributed by atoms with Gasteiger partial charge in [0, 0.05) is 11.5 Å². The van der Waals surface area contributed by atoms with E-state index < -0.39 is 18.0 Å². The number of nitrogens with zero attached hydrogens (tertiary/aromatic N) is 2. The molecule has 0 saturated carbocycles. The van der Waals surface area contributed by atoms with E-state index in [-0.39, 0.29) is 11.4 Å². The van der Waals surface area contributed by atoms with E-state index in [1.54, 1.807) is 45.2 Å². The predicted octanol–water partition coefficient (Wildman–Crippen LogP) is 3.03. The number of fused-ring (bicyclic) bond motifs is 1. The molecule has 1 amide bonds. The van der Waals surface area contributed by atoms with Gasteiger partial charge < -0.3 is 19.3 Å². The largest absolute Gasteiger partial charge is 0.497 e.